The molecule has 1 heterocycles. The van der Waals surface area contributed by atoms with Crippen LogP contribution in [0.4, 0.5) is 4.39 Å². The summed E-state index contributed by atoms with van der Waals surface area (Å²) in [7, 11) is 3.67. The number of alkyl halides is 1. The van der Waals surface area contributed by atoms with E-state index in [0.29, 0.717) is 11.3 Å². The van der Waals surface area contributed by atoms with E-state index in [-0.39, 0.29) is 11.5 Å². The molecule has 200 valence electrons. The molecule has 0 amide bonds. The molecule has 1 aromatic rings. The Morgan fingerprint density at radius 1 is 1.25 bits per heavy atom. The fourth-order valence-electron chi connectivity index (χ4n) is 2.82. The van der Waals surface area contributed by atoms with Crippen molar-refractivity contribution in [3.05, 3.63) is 84.9 Å². The Hall–Kier alpha value is -3.07. The first-order valence-electron chi connectivity index (χ1n) is 12.2. The molecule has 1 fully saturated rings. The molecule has 0 spiro atoms. The molecule has 1 unspecified atom stereocenters. The lowest BCUT2D eigenvalue weighted by Crippen LogP contribution is -2.36. The zero-order chi connectivity index (χ0) is 27.4. The number of hydrogen-bond donors (Lipinski definition) is 5. The van der Waals surface area contributed by atoms with Gasteiger partial charge in [0, 0.05) is 30.9 Å². The summed E-state index contributed by atoms with van der Waals surface area (Å²) in [4.78, 5) is 6.39. The van der Waals surface area contributed by atoms with E-state index in [1.54, 1.807) is 38.2 Å². The van der Waals surface area contributed by atoms with E-state index >= 15 is 0 Å². The van der Waals surface area contributed by atoms with E-state index in [1.165, 1.54) is 19.5 Å². The van der Waals surface area contributed by atoms with E-state index in [2.05, 4.69) is 45.8 Å². The first-order valence-corrected chi connectivity index (χ1v) is 12.2. The summed E-state index contributed by atoms with van der Waals surface area (Å²) in [5.41, 5.74) is 13.4. The third-order valence-corrected chi connectivity index (χ3v) is 5.22. The van der Waals surface area contributed by atoms with Crippen LogP contribution in [0.3, 0.4) is 0 Å². The topological polar surface area (TPSA) is 116 Å². The minimum atomic E-state index is -2.21. The van der Waals surface area contributed by atoms with Crippen molar-refractivity contribution in [2.45, 2.75) is 38.9 Å². The smallest absolute Gasteiger partial charge is 0.207 e. The molecule has 36 heavy (non-hydrogen) atoms. The fraction of sp³-hybridized carbons (Fsp3) is 0.429. The standard InChI is InChI=1S/C16H24FN5.C9H15N.C3H7N/c1-11(18)12(2)22-15(19)10-16(17,20)14-6-4-5-13(9-14)7-8-21-3;1-2-3-4-5-7-10-8-6-9-10;1-3-4-2/h4-6,9-10,18,21H,7-8,19-20H2,1-3H3;2,4-5H,1,3,6-9H2;3-4H,1H2,2H3/b15-10+,18-11?,22-12-;5-4+;. The van der Waals surface area contributed by atoms with Crippen molar-refractivity contribution in [1.82, 2.24) is 15.5 Å². The molecule has 7 N–H and O–H groups in total. The molecule has 1 atom stereocenters. The second kappa shape index (κ2) is 19.2. The molecule has 7 nitrogen and oxygen atoms in total. The van der Waals surface area contributed by atoms with Crippen LogP contribution in [0.5, 0.6) is 0 Å². The van der Waals surface area contributed by atoms with Crippen LogP contribution in [-0.2, 0) is 12.2 Å². The summed E-state index contributed by atoms with van der Waals surface area (Å²) in [6.45, 7) is 14.7. The monoisotopic (exact) mass is 499 g/mol. The predicted molar refractivity (Wildman–Crippen MR) is 154 cm³/mol. The van der Waals surface area contributed by atoms with Crippen molar-refractivity contribution in [3.8, 4) is 0 Å². The maximum atomic E-state index is 14.7. The van der Waals surface area contributed by atoms with Crippen molar-refractivity contribution >= 4 is 11.4 Å². The third-order valence-electron chi connectivity index (χ3n) is 5.22. The van der Waals surface area contributed by atoms with Gasteiger partial charge in [-0.05, 0) is 71.6 Å². The molecule has 0 radical (unpaired) electrons. The summed E-state index contributed by atoms with van der Waals surface area (Å²) in [5, 5.41) is 13.2. The van der Waals surface area contributed by atoms with E-state index in [1.807, 2.05) is 26.2 Å². The number of aliphatic imine (C=N–C) groups is 1. The van der Waals surface area contributed by atoms with E-state index < -0.39 is 5.79 Å². The van der Waals surface area contributed by atoms with E-state index in [9.17, 15) is 4.39 Å². The third kappa shape index (κ3) is 15.0. The van der Waals surface area contributed by atoms with Crippen LogP contribution in [0.2, 0.25) is 0 Å². The first-order chi connectivity index (χ1) is 17.1. The maximum Gasteiger partial charge on any atom is 0.207 e. The summed E-state index contributed by atoms with van der Waals surface area (Å²) >= 11 is 0. The number of hydrogen-bond acceptors (Lipinski definition) is 7. The van der Waals surface area contributed by atoms with Crippen LogP contribution in [-0.4, -0.2) is 56.6 Å². The Bertz CT molecular complexity index is 884. The molecule has 1 aromatic carbocycles. The number of nitrogens with zero attached hydrogens (tertiary/aromatic N) is 2. The van der Waals surface area contributed by atoms with Crippen molar-refractivity contribution in [2.75, 3.05) is 40.3 Å². The zero-order valence-electron chi connectivity index (χ0n) is 22.5. The van der Waals surface area contributed by atoms with Gasteiger partial charge in [-0.3, -0.25) is 10.6 Å². The Morgan fingerprint density at radius 3 is 2.42 bits per heavy atom. The fourth-order valence-corrected chi connectivity index (χ4v) is 2.82. The molecule has 1 aliphatic heterocycles. The van der Waals surface area contributed by atoms with Gasteiger partial charge in [0.2, 0.25) is 5.79 Å². The number of rotatable bonds is 12. The first kappa shape index (κ1) is 32.9. The highest BCUT2D eigenvalue weighted by molar-refractivity contribution is 6.39. The van der Waals surface area contributed by atoms with Gasteiger partial charge in [0.15, 0.2) is 0 Å². The molecule has 0 aromatic heterocycles. The molecule has 1 aliphatic rings. The minimum Gasteiger partial charge on any atom is -0.394 e. The summed E-state index contributed by atoms with van der Waals surface area (Å²) in [6.07, 6.45) is 12.2. The van der Waals surface area contributed by atoms with Crippen LogP contribution in [0.15, 0.2) is 78.7 Å². The summed E-state index contributed by atoms with van der Waals surface area (Å²) < 4.78 is 14.7. The molecular formula is C28H46FN7. The molecule has 0 aliphatic carbocycles. The predicted octanol–water partition coefficient (Wildman–Crippen LogP) is 4.00. The van der Waals surface area contributed by atoms with Gasteiger partial charge in [-0.2, -0.15) is 0 Å². The van der Waals surface area contributed by atoms with Gasteiger partial charge in [0.25, 0.3) is 0 Å². The average Bonchev–Trinajstić information content (AvgIpc) is 2.81. The number of likely N-dealkylation sites (N-methyl/N-ethyl adjacent to an activating group) is 1. The van der Waals surface area contributed by atoms with Crippen molar-refractivity contribution in [2.24, 2.45) is 16.5 Å². The number of halogens is 1. The van der Waals surface area contributed by atoms with Gasteiger partial charge < -0.3 is 21.8 Å². The van der Waals surface area contributed by atoms with Crippen LogP contribution in [0.1, 0.15) is 37.8 Å². The Morgan fingerprint density at radius 2 is 1.92 bits per heavy atom. The Labute approximate surface area is 217 Å². The molecule has 0 saturated carbocycles. The number of nitrogens with two attached hydrogens (primary N) is 2. The van der Waals surface area contributed by atoms with Crippen molar-refractivity contribution < 1.29 is 4.39 Å². The highest BCUT2D eigenvalue weighted by Crippen LogP contribution is 2.23. The maximum absolute atomic E-state index is 14.7. The largest absolute Gasteiger partial charge is 0.394 e. The lowest BCUT2D eigenvalue weighted by atomic mass is 10.0. The quantitative estimate of drug-likeness (QED) is 0.169. The SMILES string of the molecule is C=CC/C=C/CN1CCC1.C=CNC.CNCCc1cccc(C(N)(F)/C=C(N)/N=C(/C)C(C)=N)c1. The van der Waals surface area contributed by atoms with Gasteiger partial charge >= 0.3 is 0 Å². The normalized spacial score (nSPS) is 15.4. The Balaban J connectivity index is 0.000000717. The van der Waals surface area contributed by atoms with Crippen LogP contribution >= 0.6 is 0 Å². The lowest BCUT2D eigenvalue weighted by molar-refractivity contribution is 0.203. The van der Waals surface area contributed by atoms with Crippen LogP contribution in [0, 0.1) is 5.41 Å². The van der Waals surface area contributed by atoms with Gasteiger partial charge in [-0.15, -0.1) is 6.58 Å². The molecule has 8 heteroatoms. The van der Waals surface area contributed by atoms with Gasteiger partial charge in [0.1, 0.15) is 5.82 Å². The second-order valence-electron chi connectivity index (χ2n) is 8.36. The average molecular weight is 500 g/mol. The second-order valence-corrected chi connectivity index (χ2v) is 8.36. The van der Waals surface area contributed by atoms with E-state index in [4.69, 9.17) is 16.9 Å². The number of likely N-dealkylation sites (tertiary alicyclic amines) is 1. The van der Waals surface area contributed by atoms with Crippen molar-refractivity contribution in [3.63, 3.8) is 0 Å². The highest BCUT2D eigenvalue weighted by Gasteiger charge is 2.24. The number of benzene rings is 1. The molecular weight excluding hydrogens is 453 g/mol. The Kier molecular flexibility index (Phi) is 17.5. The minimum absolute atomic E-state index is 0.0465. The number of nitrogens with one attached hydrogen (secondary N) is 3. The lowest BCUT2D eigenvalue weighted by Gasteiger charge is -2.29. The summed E-state index contributed by atoms with van der Waals surface area (Å²) in [6, 6.07) is 7.02. The molecule has 0 bridgehead atoms. The molecule has 1 saturated heterocycles. The van der Waals surface area contributed by atoms with Gasteiger partial charge in [0.05, 0.1) is 5.71 Å². The van der Waals surface area contributed by atoms with Crippen LogP contribution < -0.4 is 22.1 Å². The highest BCUT2D eigenvalue weighted by atomic mass is 19.1. The summed E-state index contributed by atoms with van der Waals surface area (Å²) in [5.74, 6) is -2.26. The zero-order valence-corrected chi connectivity index (χ0v) is 22.5. The molecule has 2 rings (SSSR count). The number of allylic oxidation sites excluding steroid dienone is 2. The van der Waals surface area contributed by atoms with Crippen molar-refractivity contribution in [1.29, 1.82) is 5.41 Å². The van der Waals surface area contributed by atoms with E-state index in [0.717, 1.165) is 37.6 Å². The van der Waals surface area contributed by atoms with Gasteiger partial charge in [-0.25, -0.2) is 9.38 Å². The van der Waals surface area contributed by atoms with Crippen LogP contribution in [0.25, 0.3) is 0 Å². The van der Waals surface area contributed by atoms with Gasteiger partial charge in [-0.1, -0.05) is 49.1 Å².